The minimum atomic E-state index is -0.338. The molecule has 0 bridgehead atoms. The summed E-state index contributed by atoms with van der Waals surface area (Å²) in [6.45, 7) is 6.07. The van der Waals surface area contributed by atoms with Crippen molar-refractivity contribution in [3.05, 3.63) is 72.2 Å². The Morgan fingerprint density at radius 1 is 1.14 bits per heavy atom. The molecular formula is C26H34N8O. The van der Waals surface area contributed by atoms with E-state index in [9.17, 15) is 4.79 Å². The molecule has 0 saturated heterocycles. The summed E-state index contributed by atoms with van der Waals surface area (Å²) < 4.78 is 0. The Morgan fingerprint density at radius 3 is 2.66 bits per heavy atom. The predicted octanol–water partition coefficient (Wildman–Crippen LogP) is 4.15. The number of carbonyl (C=O) groups excluding carboxylic acids is 1. The fourth-order valence-corrected chi connectivity index (χ4v) is 3.61. The number of amides is 2. The number of nitrogens with zero attached hydrogens (tertiary/aromatic N) is 3. The molecule has 35 heavy (non-hydrogen) atoms. The van der Waals surface area contributed by atoms with E-state index < -0.39 is 0 Å². The van der Waals surface area contributed by atoms with Crippen LogP contribution in [-0.2, 0) is 0 Å². The number of carbonyl (C=O) groups is 1. The maximum atomic E-state index is 12.3. The van der Waals surface area contributed by atoms with E-state index in [1.54, 1.807) is 18.5 Å². The SMILES string of the molecule is CCC(CN(C)c1ccccc1)NCCNC(=O)Nc1cc(C=N)c(Nc2ccnc(C)c2)cn1. The number of aryl methyl sites for hydroxylation is 1. The van der Waals surface area contributed by atoms with Gasteiger partial charge in [0, 0.05) is 67.8 Å². The number of anilines is 4. The molecule has 2 heterocycles. The van der Waals surface area contributed by atoms with Crippen molar-refractivity contribution >= 4 is 35.1 Å². The lowest BCUT2D eigenvalue weighted by Crippen LogP contribution is -2.43. The van der Waals surface area contributed by atoms with Gasteiger partial charge >= 0.3 is 6.03 Å². The molecule has 0 radical (unpaired) electrons. The van der Waals surface area contributed by atoms with E-state index in [0.29, 0.717) is 36.2 Å². The number of rotatable bonds is 12. The van der Waals surface area contributed by atoms with E-state index in [2.05, 4.69) is 62.2 Å². The third-order valence-corrected chi connectivity index (χ3v) is 5.54. The number of aromatic nitrogens is 2. The molecule has 1 atom stereocenters. The van der Waals surface area contributed by atoms with Crippen molar-refractivity contribution in [1.82, 2.24) is 20.6 Å². The molecule has 184 valence electrons. The summed E-state index contributed by atoms with van der Waals surface area (Å²) in [6.07, 6.45) is 5.53. The molecule has 0 spiro atoms. The summed E-state index contributed by atoms with van der Waals surface area (Å²) in [7, 11) is 2.08. The second-order valence-electron chi connectivity index (χ2n) is 8.27. The van der Waals surface area contributed by atoms with Crippen LogP contribution < -0.4 is 26.2 Å². The van der Waals surface area contributed by atoms with Gasteiger partial charge in [-0.2, -0.15) is 0 Å². The van der Waals surface area contributed by atoms with Crippen LogP contribution in [-0.4, -0.2) is 54.9 Å². The predicted molar refractivity (Wildman–Crippen MR) is 143 cm³/mol. The molecule has 9 heteroatoms. The van der Waals surface area contributed by atoms with Crippen LogP contribution in [0.25, 0.3) is 0 Å². The van der Waals surface area contributed by atoms with Crippen molar-refractivity contribution in [2.45, 2.75) is 26.3 Å². The zero-order valence-electron chi connectivity index (χ0n) is 20.5. The third kappa shape index (κ3) is 8.08. The number of hydrogen-bond donors (Lipinski definition) is 5. The summed E-state index contributed by atoms with van der Waals surface area (Å²) in [4.78, 5) is 23.0. The van der Waals surface area contributed by atoms with Crippen molar-refractivity contribution in [1.29, 1.82) is 5.41 Å². The average Bonchev–Trinajstić information content (AvgIpc) is 2.87. The van der Waals surface area contributed by atoms with Crippen LogP contribution in [0.4, 0.5) is 27.7 Å². The van der Waals surface area contributed by atoms with Crippen LogP contribution in [0.5, 0.6) is 0 Å². The fourth-order valence-electron chi connectivity index (χ4n) is 3.61. The van der Waals surface area contributed by atoms with Crippen molar-refractivity contribution < 1.29 is 4.79 Å². The normalized spacial score (nSPS) is 11.4. The van der Waals surface area contributed by atoms with E-state index >= 15 is 0 Å². The first kappa shape index (κ1) is 25.6. The van der Waals surface area contributed by atoms with Gasteiger partial charge in [-0.3, -0.25) is 10.3 Å². The number of nitrogens with one attached hydrogen (secondary N) is 5. The van der Waals surface area contributed by atoms with Crippen LogP contribution in [0, 0.1) is 12.3 Å². The van der Waals surface area contributed by atoms with Gasteiger partial charge in [-0.05, 0) is 43.7 Å². The zero-order chi connectivity index (χ0) is 25.0. The van der Waals surface area contributed by atoms with Gasteiger partial charge in [-0.1, -0.05) is 25.1 Å². The molecule has 5 N–H and O–H groups in total. The van der Waals surface area contributed by atoms with Gasteiger partial charge < -0.3 is 26.3 Å². The van der Waals surface area contributed by atoms with Crippen molar-refractivity contribution in [3.63, 3.8) is 0 Å². The molecule has 2 amide bonds. The van der Waals surface area contributed by atoms with E-state index in [0.717, 1.165) is 24.3 Å². The molecule has 1 aromatic carbocycles. The van der Waals surface area contributed by atoms with Crippen LogP contribution in [0.2, 0.25) is 0 Å². The zero-order valence-corrected chi connectivity index (χ0v) is 20.5. The Labute approximate surface area is 206 Å². The number of para-hydroxylation sites is 1. The summed E-state index contributed by atoms with van der Waals surface area (Å²) in [6, 6.07) is 15.7. The fraction of sp³-hybridized carbons (Fsp3) is 0.308. The standard InChI is InChI=1S/C26H34N8O/c1-4-21(18-34(3)23-8-6-5-7-9-23)29-12-13-30-26(35)33-25-15-20(16-27)24(17-31-25)32-22-10-11-28-19(2)14-22/h5-11,14-17,21,27,29H,4,12-13,18H2,1-3H3,(H,28,32)(H2,30,31,33,35). The van der Waals surface area contributed by atoms with Crippen LogP contribution in [0.3, 0.4) is 0 Å². The van der Waals surface area contributed by atoms with Gasteiger partial charge in [0.1, 0.15) is 5.82 Å². The molecule has 0 aliphatic rings. The lowest BCUT2D eigenvalue weighted by molar-refractivity contribution is 0.252. The Morgan fingerprint density at radius 2 is 1.94 bits per heavy atom. The number of urea groups is 1. The Bertz CT molecular complexity index is 1110. The van der Waals surface area contributed by atoms with Crippen molar-refractivity contribution in [2.75, 3.05) is 42.2 Å². The molecule has 2 aromatic heterocycles. The number of benzene rings is 1. The number of hydrogen-bond acceptors (Lipinski definition) is 7. The highest BCUT2D eigenvalue weighted by Gasteiger charge is 2.11. The first-order valence-corrected chi connectivity index (χ1v) is 11.7. The highest BCUT2D eigenvalue weighted by Crippen LogP contribution is 2.21. The quantitative estimate of drug-likeness (QED) is 0.199. The first-order chi connectivity index (χ1) is 17.0. The van der Waals surface area contributed by atoms with Crippen LogP contribution >= 0.6 is 0 Å². The number of pyridine rings is 2. The highest BCUT2D eigenvalue weighted by molar-refractivity contribution is 5.92. The Kier molecular flexibility index (Phi) is 9.56. The lowest BCUT2D eigenvalue weighted by atomic mass is 10.2. The van der Waals surface area contributed by atoms with Crippen LogP contribution in [0.15, 0.2) is 60.9 Å². The molecule has 3 aromatic rings. The minimum Gasteiger partial charge on any atom is -0.373 e. The van der Waals surface area contributed by atoms with Gasteiger partial charge in [0.25, 0.3) is 0 Å². The van der Waals surface area contributed by atoms with E-state index in [4.69, 9.17) is 5.41 Å². The van der Waals surface area contributed by atoms with Gasteiger partial charge in [-0.15, -0.1) is 0 Å². The summed E-state index contributed by atoms with van der Waals surface area (Å²) in [5.74, 6) is 0.376. The maximum absolute atomic E-state index is 12.3. The molecule has 0 fully saturated rings. The third-order valence-electron chi connectivity index (χ3n) is 5.54. The summed E-state index contributed by atoms with van der Waals surface area (Å²) in [5, 5.41) is 20.0. The van der Waals surface area contributed by atoms with Gasteiger partial charge in [0.2, 0.25) is 0 Å². The molecular weight excluding hydrogens is 440 g/mol. The lowest BCUT2D eigenvalue weighted by Gasteiger charge is -2.26. The van der Waals surface area contributed by atoms with Crippen molar-refractivity contribution in [3.8, 4) is 0 Å². The smallest absolute Gasteiger partial charge is 0.320 e. The Hall–Kier alpha value is -3.98. The maximum Gasteiger partial charge on any atom is 0.320 e. The molecule has 3 rings (SSSR count). The van der Waals surface area contributed by atoms with E-state index in [1.807, 2.05) is 37.3 Å². The topological polar surface area (TPSA) is 118 Å². The second-order valence-corrected chi connectivity index (χ2v) is 8.27. The highest BCUT2D eigenvalue weighted by atomic mass is 16.2. The largest absolute Gasteiger partial charge is 0.373 e. The van der Waals surface area contributed by atoms with Gasteiger partial charge in [0.05, 0.1) is 11.9 Å². The second kappa shape index (κ2) is 13.0. The molecule has 0 saturated carbocycles. The summed E-state index contributed by atoms with van der Waals surface area (Å²) in [5.41, 5.74) is 4.21. The summed E-state index contributed by atoms with van der Waals surface area (Å²) >= 11 is 0. The van der Waals surface area contributed by atoms with E-state index in [1.165, 1.54) is 11.9 Å². The molecule has 0 aliphatic carbocycles. The molecule has 9 nitrogen and oxygen atoms in total. The molecule has 0 aliphatic heterocycles. The monoisotopic (exact) mass is 474 g/mol. The minimum absolute atomic E-state index is 0.311. The Balaban J connectivity index is 1.44. The van der Waals surface area contributed by atoms with E-state index in [-0.39, 0.29) is 6.03 Å². The van der Waals surface area contributed by atoms with Gasteiger partial charge in [0.15, 0.2) is 0 Å². The number of likely N-dealkylation sites (N-methyl/N-ethyl adjacent to an activating group) is 1. The molecule has 1 unspecified atom stereocenters. The van der Waals surface area contributed by atoms with Crippen molar-refractivity contribution in [2.24, 2.45) is 0 Å². The first-order valence-electron chi connectivity index (χ1n) is 11.7. The average molecular weight is 475 g/mol. The van der Waals surface area contributed by atoms with Gasteiger partial charge in [-0.25, -0.2) is 9.78 Å². The van der Waals surface area contributed by atoms with Crippen LogP contribution in [0.1, 0.15) is 24.6 Å².